The lowest BCUT2D eigenvalue weighted by Gasteiger charge is -2.20. The fourth-order valence-corrected chi connectivity index (χ4v) is 2.96. The Morgan fingerprint density at radius 3 is 2.84 bits per heavy atom. The number of carbonyl (C=O) groups excluding carboxylic acids is 1. The Balaban J connectivity index is 1.68. The number of nitrogens with one attached hydrogen (secondary N) is 1. The molecule has 0 saturated heterocycles. The molecule has 1 aliphatic carbocycles. The van der Waals surface area contributed by atoms with Crippen LogP contribution in [0.5, 0.6) is 5.88 Å². The predicted molar refractivity (Wildman–Crippen MR) is 93.4 cm³/mol. The van der Waals surface area contributed by atoms with Gasteiger partial charge in [0.2, 0.25) is 5.88 Å². The lowest BCUT2D eigenvalue weighted by Crippen LogP contribution is -2.39. The molecule has 0 atom stereocenters. The number of halogens is 1. The molecule has 0 aromatic carbocycles. The van der Waals surface area contributed by atoms with Crippen molar-refractivity contribution in [3.05, 3.63) is 35.9 Å². The number of fused-ring (bicyclic) bond motifs is 1. The largest absolute Gasteiger partial charge is 0.460 e. The normalized spacial score (nSPS) is 15.2. The minimum absolute atomic E-state index is 0.0530. The van der Waals surface area contributed by atoms with E-state index < -0.39 is 5.60 Å². The van der Waals surface area contributed by atoms with E-state index in [4.69, 9.17) is 16.3 Å². The van der Waals surface area contributed by atoms with Gasteiger partial charge in [-0.25, -0.2) is 9.97 Å². The maximum atomic E-state index is 12.3. The van der Waals surface area contributed by atoms with Gasteiger partial charge in [0, 0.05) is 50.3 Å². The average Bonchev–Trinajstić information content (AvgIpc) is 3.25. The number of rotatable bonds is 4. The molecule has 8 heteroatoms. The van der Waals surface area contributed by atoms with Crippen molar-refractivity contribution in [3.8, 4) is 17.1 Å². The summed E-state index contributed by atoms with van der Waals surface area (Å²) < 4.78 is 5.89. The first-order valence-corrected chi connectivity index (χ1v) is 8.22. The summed E-state index contributed by atoms with van der Waals surface area (Å²) in [5.41, 5.74) is 1.36. The van der Waals surface area contributed by atoms with Gasteiger partial charge in [0.05, 0.1) is 23.1 Å². The highest BCUT2D eigenvalue weighted by Crippen LogP contribution is 2.41. The number of H-pyrrole nitrogens is 1. The van der Waals surface area contributed by atoms with Crippen LogP contribution < -0.4 is 4.74 Å². The number of amides is 1. The van der Waals surface area contributed by atoms with E-state index in [1.165, 1.54) is 11.1 Å². The molecule has 0 aliphatic heterocycles. The molecule has 0 spiro atoms. The minimum atomic E-state index is -0.804. The van der Waals surface area contributed by atoms with Crippen LogP contribution >= 0.6 is 11.6 Å². The van der Waals surface area contributed by atoms with Crippen molar-refractivity contribution in [1.82, 2.24) is 24.8 Å². The van der Waals surface area contributed by atoms with Crippen molar-refractivity contribution in [1.29, 1.82) is 0 Å². The molecule has 0 bridgehead atoms. The standard InChI is InChI=1S/C17H16ClN5O2/c1-23(2)16(24)17(3-4-17)25-14-9-19-8-13(22-14)12-7-21-15-11(12)5-10(18)6-20-15/h5-9H,3-4H2,1-2H3,(H,20,21). The van der Waals surface area contributed by atoms with Gasteiger partial charge < -0.3 is 14.6 Å². The molecule has 1 amide bonds. The SMILES string of the molecule is CN(C)C(=O)C1(Oc2cncc(-c3c[nH]c4ncc(Cl)cc34)n2)CC1. The molecule has 1 N–H and O–H groups in total. The summed E-state index contributed by atoms with van der Waals surface area (Å²) in [5.74, 6) is 0.275. The number of aromatic nitrogens is 4. The van der Waals surface area contributed by atoms with Crippen LogP contribution in [0.1, 0.15) is 12.8 Å². The number of pyridine rings is 1. The summed E-state index contributed by atoms with van der Waals surface area (Å²) in [6, 6.07) is 1.82. The first-order valence-electron chi connectivity index (χ1n) is 7.84. The van der Waals surface area contributed by atoms with Crippen molar-refractivity contribution >= 4 is 28.5 Å². The van der Waals surface area contributed by atoms with Crippen LogP contribution in [-0.4, -0.2) is 50.4 Å². The summed E-state index contributed by atoms with van der Waals surface area (Å²) in [4.78, 5) is 29.9. The highest BCUT2D eigenvalue weighted by Gasteiger charge is 2.54. The number of ether oxygens (including phenoxy) is 1. The first kappa shape index (κ1) is 15.8. The van der Waals surface area contributed by atoms with Gasteiger partial charge in [-0.1, -0.05) is 11.6 Å². The van der Waals surface area contributed by atoms with Gasteiger partial charge in [-0.2, -0.15) is 0 Å². The second kappa shape index (κ2) is 5.70. The number of aromatic amines is 1. The van der Waals surface area contributed by atoms with E-state index in [1.54, 1.807) is 32.7 Å². The van der Waals surface area contributed by atoms with E-state index in [2.05, 4.69) is 19.9 Å². The molecule has 3 heterocycles. The van der Waals surface area contributed by atoms with E-state index in [0.29, 0.717) is 35.1 Å². The summed E-state index contributed by atoms with van der Waals surface area (Å²) in [7, 11) is 3.44. The first-order chi connectivity index (χ1) is 12.0. The number of hydrogen-bond donors (Lipinski definition) is 1. The Hall–Kier alpha value is -2.67. The Morgan fingerprint density at radius 2 is 2.12 bits per heavy atom. The van der Waals surface area contributed by atoms with Crippen molar-refractivity contribution < 1.29 is 9.53 Å². The number of likely N-dealkylation sites (N-methyl/N-ethyl adjacent to an activating group) is 1. The van der Waals surface area contributed by atoms with Gasteiger partial charge in [-0.05, 0) is 6.07 Å². The molecule has 4 rings (SSSR count). The molecule has 1 saturated carbocycles. The average molecular weight is 358 g/mol. The van der Waals surface area contributed by atoms with Crippen LogP contribution in [0.4, 0.5) is 0 Å². The van der Waals surface area contributed by atoms with Crippen LogP contribution in [0.15, 0.2) is 30.9 Å². The third-order valence-corrected chi connectivity index (χ3v) is 4.39. The topological polar surface area (TPSA) is 84.0 Å². The van der Waals surface area contributed by atoms with E-state index in [0.717, 1.165) is 10.9 Å². The third-order valence-electron chi connectivity index (χ3n) is 4.19. The maximum absolute atomic E-state index is 12.3. The highest BCUT2D eigenvalue weighted by molar-refractivity contribution is 6.31. The zero-order valence-corrected chi connectivity index (χ0v) is 14.5. The monoisotopic (exact) mass is 357 g/mol. The fraction of sp³-hybridized carbons (Fsp3) is 0.294. The zero-order chi connectivity index (χ0) is 17.6. The molecular weight excluding hydrogens is 342 g/mol. The number of nitrogens with zero attached hydrogens (tertiary/aromatic N) is 4. The summed E-state index contributed by atoms with van der Waals surface area (Å²) >= 11 is 6.05. The van der Waals surface area contributed by atoms with Gasteiger partial charge in [0.25, 0.3) is 5.91 Å². The third kappa shape index (κ3) is 2.80. The highest BCUT2D eigenvalue weighted by atomic mass is 35.5. The zero-order valence-electron chi connectivity index (χ0n) is 13.8. The molecule has 0 unspecified atom stereocenters. The van der Waals surface area contributed by atoms with Crippen LogP contribution in [0, 0.1) is 0 Å². The molecule has 7 nitrogen and oxygen atoms in total. The lowest BCUT2D eigenvalue weighted by atomic mass is 10.2. The Kier molecular flexibility index (Phi) is 3.61. The second-order valence-electron chi connectivity index (χ2n) is 6.29. The summed E-state index contributed by atoms with van der Waals surface area (Å²) in [6.45, 7) is 0. The molecule has 1 aliphatic rings. The van der Waals surface area contributed by atoms with Crippen LogP contribution in [0.2, 0.25) is 5.02 Å². The Bertz CT molecular complexity index is 965. The van der Waals surface area contributed by atoms with Crippen molar-refractivity contribution in [3.63, 3.8) is 0 Å². The van der Waals surface area contributed by atoms with Crippen LogP contribution in [0.3, 0.4) is 0 Å². The van der Waals surface area contributed by atoms with Crippen molar-refractivity contribution in [2.45, 2.75) is 18.4 Å². The van der Waals surface area contributed by atoms with Gasteiger partial charge in [-0.15, -0.1) is 0 Å². The molecule has 1 fully saturated rings. The molecule has 0 radical (unpaired) electrons. The van der Waals surface area contributed by atoms with E-state index >= 15 is 0 Å². The van der Waals surface area contributed by atoms with Crippen molar-refractivity contribution in [2.24, 2.45) is 0 Å². The smallest absolute Gasteiger partial charge is 0.266 e. The van der Waals surface area contributed by atoms with Gasteiger partial charge >= 0.3 is 0 Å². The summed E-state index contributed by atoms with van der Waals surface area (Å²) in [5, 5.41) is 1.40. The van der Waals surface area contributed by atoms with Gasteiger partial charge in [-0.3, -0.25) is 9.78 Å². The van der Waals surface area contributed by atoms with E-state index in [1.807, 2.05) is 6.07 Å². The minimum Gasteiger partial charge on any atom is -0.460 e. The van der Waals surface area contributed by atoms with Gasteiger partial charge in [0.15, 0.2) is 5.60 Å². The van der Waals surface area contributed by atoms with E-state index in [9.17, 15) is 4.79 Å². The van der Waals surface area contributed by atoms with E-state index in [-0.39, 0.29) is 5.91 Å². The number of carbonyl (C=O) groups is 1. The Morgan fingerprint density at radius 1 is 1.32 bits per heavy atom. The molecular formula is C17H16ClN5O2. The second-order valence-corrected chi connectivity index (χ2v) is 6.73. The maximum Gasteiger partial charge on any atom is 0.266 e. The molecule has 128 valence electrons. The van der Waals surface area contributed by atoms with Crippen molar-refractivity contribution in [2.75, 3.05) is 14.1 Å². The number of hydrogen-bond acceptors (Lipinski definition) is 5. The predicted octanol–water partition coefficient (Wildman–Crippen LogP) is 2.67. The van der Waals surface area contributed by atoms with Gasteiger partial charge in [0.1, 0.15) is 5.65 Å². The fourth-order valence-electron chi connectivity index (χ4n) is 2.80. The molecule has 3 aromatic rings. The lowest BCUT2D eigenvalue weighted by molar-refractivity contribution is -0.138. The Labute approximate surface area is 149 Å². The summed E-state index contributed by atoms with van der Waals surface area (Å²) in [6.07, 6.45) is 7.92. The molecule has 3 aromatic heterocycles. The van der Waals surface area contributed by atoms with Crippen LogP contribution in [-0.2, 0) is 4.79 Å². The van der Waals surface area contributed by atoms with Crippen LogP contribution in [0.25, 0.3) is 22.3 Å². The quantitative estimate of drug-likeness (QED) is 0.776. The molecule has 25 heavy (non-hydrogen) atoms.